The van der Waals surface area contributed by atoms with Crippen LogP contribution in [0.4, 0.5) is 0 Å². The van der Waals surface area contributed by atoms with Gasteiger partial charge in [-0.15, -0.1) is 0 Å². The Bertz CT molecular complexity index is 1440. The van der Waals surface area contributed by atoms with Crippen LogP contribution in [0.25, 0.3) is 21.5 Å². The third kappa shape index (κ3) is 6.33. The summed E-state index contributed by atoms with van der Waals surface area (Å²) >= 11 is 0. The van der Waals surface area contributed by atoms with Crippen molar-refractivity contribution in [1.29, 1.82) is 0 Å². The molecule has 0 aromatic heterocycles. The SMILES string of the molecule is Cc1ccc2c(S(=O)(=O)[O-])c(C)ccc2c1.Cc1ccc2c(S(=O)(=O)[O-])c(C)ccc2c1.[Ca+2]. The molecular weight excluding hydrogens is 488 g/mol. The molecule has 6 nitrogen and oxygen atoms in total. The van der Waals surface area contributed by atoms with Crippen molar-refractivity contribution in [2.75, 3.05) is 0 Å². The van der Waals surface area contributed by atoms with Crippen LogP contribution in [0.2, 0.25) is 0 Å². The molecule has 0 fully saturated rings. The van der Waals surface area contributed by atoms with E-state index in [-0.39, 0.29) is 47.5 Å². The zero-order valence-corrected chi connectivity index (χ0v) is 22.6. The normalized spacial score (nSPS) is 11.6. The van der Waals surface area contributed by atoms with E-state index in [0.29, 0.717) is 21.9 Å². The molecule has 0 saturated carbocycles. The van der Waals surface area contributed by atoms with Crippen molar-refractivity contribution in [3.63, 3.8) is 0 Å². The van der Waals surface area contributed by atoms with Gasteiger partial charge < -0.3 is 9.11 Å². The van der Waals surface area contributed by atoms with Gasteiger partial charge in [-0.25, -0.2) is 16.8 Å². The topological polar surface area (TPSA) is 114 Å². The van der Waals surface area contributed by atoms with Crippen molar-refractivity contribution >= 4 is 79.5 Å². The summed E-state index contributed by atoms with van der Waals surface area (Å²) in [6.07, 6.45) is 0. The minimum absolute atomic E-state index is 0. The van der Waals surface area contributed by atoms with Crippen LogP contribution in [0.5, 0.6) is 0 Å². The molecule has 4 aromatic carbocycles. The van der Waals surface area contributed by atoms with Crippen molar-refractivity contribution in [2.24, 2.45) is 0 Å². The summed E-state index contributed by atoms with van der Waals surface area (Å²) in [6, 6.07) is 17.7. The fourth-order valence-corrected chi connectivity index (χ4v) is 5.56. The molecule has 4 aromatic rings. The van der Waals surface area contributed by atoms with Gasteiger partial charge >= 0.3 is 37.7 Å². The van der Waals surface area contributed by atoms with E-state index < -0.39 is 20.2 Å². The van der Waals surface area contributed by atoms with E-state index >= 15 is 0 Å². The second-order valence-corrected chi connectivity index (χ2v) is 10.4. The first-order valence-electron chi connectivity index (χ1n) is 9.71. The number of fused-ring (bicyclic) bond motifs is 2. The summed E-state index contributed by atoms with van der Waals surface area (Å²) in [5, 5.41) is 2.56. The predicted octanol–water partition coefficient (Wildman–Crippen LogP) is 4.34. The van der Waals surface area contributed by atoms with E-state index in [1.807, 2.05) is 38.1 Å². The molecule has 0 saturated heterocycles. The number of rotatable bonds is 2. The predicted molar refractivity (Wildman–Crippen MR) is 129 cm³/mol. The Morgan fingerprint density at radius 1 is 0.545 bits per heavy atom. The largest absolute Gasteiger partial charge is 2.00 e. The molecule has 33 heavy (non-hydrogen) atoms. The van der Waals surface area contributed by atoms with Gasteiger partial charge in [-0.2, -0.15) is 0 Å². The molecule has 0 aliphatic carbocycles. The standard InChI is InChI=1S/2C12H12O3S.Ca/c2*1-8-3-6-11-10(7-8)5-4-9(2)12(11)16(13,14)15;/h2*3-7H,1-2H3,(H,13,14,15);/q;;+2/p-2. The number of hydrogen-bond acceptors (Lipinski definition) is 6. The fraction of sp³-hybridized carbons (Fsp3) is 0.167. The molecule has 0 unspecified atom stereocenters. The Morgan fingerprint density at radius 3 is 1.18 bits per heavy atom. The van der Waals surface area contributed by atoms with E-state index in [2.05, 4.69) is 0 Å². The van der Waals surface area contributed by atoms with Crippen LogP contribution in [0.3, 0.4) is 0 Å². The van der Waals surface area contributed by atoms with Crippen LogP contribution >= 0.6 is 0 Å². The quantitative estimate of drug-likeness (QED) is 0.293. The Morgan fingerprint density at radius 2 is 0.879 bits per heavy atom. The van der Waals surface area contributed by atoms with E-state index in [0.717, 1.165) is 21.9 Å². The molecule has 168 valence electrons. The van der Waals surface area contributed by atoms with Crippen molar-refractivity contribution in [1.82, 2.24) is 0 Å². The second-order valence-electron chi connectivity index (χ2n) is 7.78. The molecule has 0 bridgehead atoms. The Labute approximate surface area is 224 Å². The van der Waals surface area contributed by atoms with Gasteiger partial charge in [0.15, 0.2) is 0 Å². The van der Waals surface area contributed by atoms with E-state index in [9.17, 15) is 25.9 Å². The molecule has 0 aliphatic heterocycles. The van der Waals surface area contributed by atoms with Crippen LogP contribution in [-0.2, 0) is 20.2 Å². The third-order valence-corrected chi connectivity index (χ3v) is 7.23. The van der Waals surface area contributed by atoms with Crippen molar-refractivity contribution < 1.29 is 25.9 Å². The molecule has 0 spiro atoms. The maximum Gasteiger partial charge on any atom is 2.00 e. The maximum atomic E-state index is 11.2. The third-order valence-electron chi connectivity index (χ3n) is 5.15. The second kappa shape index (κ2) is 10.4. The zero-order valence-electron chi connectivity index (χ0n) is 18.7. The van der Waals surface area contributed by atoms with Crippen molar-refractivity contribution in [2.45, 2.75) is 37.5 Å². The zero-order chi connectivity index (χ0) is 23.8. The first-order valence-corrected chi connectivity index (χ1v) is 12.5. The molecule has 9 heteroatoms. The molecule has 0 heterocycles. The first kappa shape index (κ1) is 27.7. The molecule has 0 N–H and O–H groups in total. The van der Waals surface area contributed by atoms with Crippen LogP contribution in [0.1, 0.15) is 22.3 Å². The van der Waals surface area contributed by atoms with Gasteiger partial charge in [0.2, 0.25) is 0 Å². The molecule has 0 aliphatic rings. The number of hydrogen-bond donors (Lipinski definition) is 0. The Hall–Kier alpha value is -1.52. The summed E-state index contributed by atoms with van der Waals surface area (Å²) in [5.41, 5.74) is 3.05. The molecule has 0 atom stereocenters. The van der Waals surface area contributed by atoms with Crippen LogP contribution in [0.15, 0.2) is 70.5 Å². The van der Waals surface area contributed by atoms with Crippen LogP contribution in [0, 0.1) is 27.7 Å². The summed E-state index contributed by atoms with van der Waals surface area (Å²) in [7, 11) is -8.85. The number of benzene rings is 4. The summed E-state index contributed by atoms with van der Waals surface area (Å²) in [5.74, 6) is 0. The van der Waals surface area contributed by atoms with Gasteiger partial charge in [-0.05, 0) is 60.4 Å². The van der Waals surface area contributed by atoms with Gasteiger partial charge in [0.25, 0.3) is 0 Å². The van der Waals surface area contributed by atoms with Crippen molar-refractivity contribution in [3.8, 4) is 0 Å². The molecule has 0 radical (unpaired) electrons. The fourth-order valence-electron chi connectivity index (χ4n) is 3.72. The van der Waals surface area contributed by atoms with Gasteiger partial charge in [-0.1, -0.05) is 71.8 Å². The first-order chi connectivity index (χ1) is 14.8. The van der Waals surface area contributed by atoms with E-state index in [1.165, 1.54) is 0 Å². The van der Waals surface area contributed by atoms with Crippen molar-refractivity contribution in [3.05, 3.63) is 82.9 Å². The van der Waals surface area contributed by atoms with Crippen LogP contribution in [-0.4, -0.2) is 63.7 Å². The van der Waals surface area contributed by atoms with E-state index in [4.69, 9.17) is 0 Å². The van der Waals surface area contributed by atoms with Gasteiger partial charge in [-0.3, -0.25) is 0 Å². The Kier molecular flexibility index (Phi) is 8.73. The average Bonchev–Trinajstić information content (AvgIpc) is 2.66. The molecule has 0 amide bonds. The monoisotopic (exact) mass is 510 g/mol. The van der Waals surface area contributed by atoms with E-state index in [1.54, 1.807) is 50.2 Å². The summed E-state index contributed by atoms with van der Waals surface area (Å²) < 4.78 is 67.2. The minimum Gasteiger partial charge on any atom is -0.744 e. The molecular formula is C24H22CaO6S2. The number of aryl methyl sites for hydroxylation is 4. The average molecular weight is 511 g/mol. The van der Waals surface area contributed by atoms with Gasteiger partial charge in [0.05, 0.1) is 9.79 Å². The molecule has 4 rings (SSSR count). The smallest absolute Gasteiger partial charge is 0.744 e. The van der Waals surface area contributed by atoms with Crippen LogP contribution < -0.4 is 0 Å². The Balaban J connectivity index is 0.000000227. The van der Waals surface area contributed by atoms with Gasteiger partial charge in [0.1, 0.15) is 20.2 Å². The summed E-state index contributed by atoms with van der Waals surface area (Å²) in [6.45, 7) is 7.10. The summed E-state index contributed by atoms with van der Waals surface area (Å²) in [4.78, 5) is -0.213. The van der Waals surface area contributed by atoms with Gasteiger partial charge in [0, 0.05) is 0 Å². The minimum atomic E-state index is -4.42. The maximum absolute atomic E-state index is 11.2.